The number of carbonyl (C=O) groups excluding carboxylic acids is 3. The number of esters is 2. The van der Waals surface area contributed by atoms with Crippen molar-refractivity contribution in [2.45, 2.75) is 44.6 Å². The van der Waals surface area contributed by atoms with Gasteiger partial charge in [0.05, 0.1) is 13.3 Å². The van der Waals surface area contributed by atoms with Crippen molar-refractivity contribution in [3.05, 3.63) is 59.2 Å². The van der Waals surface area contributed by atoms with Crippen molar-refractivity contribution in [1.82, 2.24) is 5.01 Å². The van der Waals surface area contributed by atoms with E-state index in [1.807, 2.05) is 12.1 Å². The summed E-state index contributed by atoms with van der Waals surface area (Å²) in [5, 5.41) is 16.2. The molecule has 3 aliphatic heterocycles. The van der Waals surface area contributed by atoms with E-state index < -0.39 is 41.1 Å². The number of hydrogen-bond acceptors (Lipinski definition) is 9. The number of hydrazone groups is 1. The van der Waals surface area contributed by atoms with E-state index in [4.69, 9.17) is 14.2 Å². The highest BCUT2D eigenvalue weighted by molar-refractivity contribution is 6.07. The quantitative estimate of drug-likeness (QED) is 0.545. The molecule has 9 nitrogen and oxygen atoms in total. The van der Waals surface area contributed by atoms with Crippen molar-refractivity contribution in [1.29, 1.82) is 0 Å². The fourth-order valence-corrected chi connectivity index (χ4v) is 5.42. The van der Waals surface area contributed by atoms with E-state index in [2.05, 4.69) is 5.10 Å². The van der Waals surface area contributed by atoms with Crippen LogP contribution in [0.25, 0.3) is 0 Å². The molecular weight excluding hydrogens is 440 g/mol. The molecular formula is C25H24N2O7. The van der Waals surface area contributed by atoms with Crippen molar-refractivity contribution >= 4 is 23.9 Å². The number of nitrogens with zero attached hydrogens (tertiary/aromatic N) is 2. The molecule has 5 rings (SSSR count). The Labute approximate surface area is 195 Å². The van der Waals surface area contributed by atoms with Crippen LogP contribution in [-0.4, -0.2) is 53.0 Å². The molecule has 9 heteroatoms. The van der Waals surface area contributed by atoms with Gasteiger partial charge in [-0.25, -0.2) is 0 Å². The first-order valence-corrected chi connectivity index (χ1v) is 10.9. The first-order chi connectivity index (χ1) is 16.1. The molecule has 1 N–H and O–H groups in total. The summed E-state index contributed by atoms with van der Waals surface area (Å²) in [6.45, 7) is 4.36. The standard InChI is InChI=1S/C25H24N2O7/c1-13(28)20-19(14-9-10-17(29)18(11-14)32-4)25(22(30)33-24(2,3)34-23(25)31)21-16-8-6-5-7-15(16)12-26-27(20)21/h5-12,19-21,29H,1-4H3/t19-,20-,21-/m0/s1. The van der Waals surface area contributed by atoms with Gasteiger partial charge in [0.25, 0.3) is 5.79 Å². The van der Waals surface area contributed by atoms with Gasteiger partial charge in [-0.2, -0.15) is 5.10 Å². The van der Waals surface area contributed by atoms with Crippen LogP contribution in [-0.2, 0) is 23.9 Å². The van der Waals surface area contributed by atoms with Crippen LogP contribution in [0.5, 0.6) is 11.5 Å². The summed E-state index contributed by atoms with van der Waals surface area (Å²) in [5.74, 6) is -4.35. The average Bonchev–Trinajstić information content (AvgIpc) is 3.10. The van der Waals surface area contributed by atoms with Gasteiger partial charge in [-0.05, 0) is 35.7 Å². The fourth-order valence-electron chi connectivity index (χ4n) is 5.42. The molecule has 3 heterocycles. The van der Waals surface area contributed by atoms with Crippen LogP contribution in [0.15, 0.2) is 47.6 Å². The van der Waals surface area contributed by atoms with Crippen molar-refractivity contribution < 1.29 is 33.7 Å². The molecule has 0 radical (unpaired) electrons. The number of benzene rings is 2. The monoisotopic (exact) mass is 464 g/mol. The Balaban J connectivity index is 1.83. The van der Waals surface area contributed by atoms with E-state index in [0.717, 1.165) is 5.56 Å². The molecule has 0 aliphatic carbocycles. The summed E-state index contributed by atoms with van der Waals surface area (Å²) in [6, 6.07) is 9.82. The Morgan fingerprint density at radius 3 is 2.44 bits per heavy atom. The summed E-state index contributed by atoms with van der Waals surface area (Å²) in [6.07, 6.45) is 1.61. The molecule has 0 aromatic heterocycles. The number of methoxy groups -OCH3 is 1. The van der Waals surface area contributed by atoms with Gasteiger partial charge in [0.15, 0.2) is 17.3 Å². The zero-order valence-electron chi connectivity index (χ0n) is 19.1. The number of Topliss-reactive ketones (excluding diaryl/α,β-unsaturated/α-hetero) is 1. The van der Waals surface area contributed by atoms with Crippen LogP contribution >= 0.6 is 0 Å². The van der Waals surface area contributed by atoms with E-state index in [9.17, 15) is 19.5 Å². The highest BCUT2D eigenvalue weighted by atomic mass is 16.7. The maximum absolute atomic E-state index is 13.9. The number of aromatic hydroxyl groups is 1. The molecule has 34 heavy (non-hydrogen) atoms. The summed E-state index contributed by atoms with van der Waals surface area (Å²) in [7, 11) is 1.39. The van der Waals surface area contributed by atoms with E-state index in [1.54, 1.807) is 24.4 Å². The minimum Gasteiger partial charge on any atom is -0.504 e. The van der Waals surface area contributed by atoms with E-state index in [-0.39, 0.29) is 17.3 Å². The Morgan fingerprint density at radius 1 is 1.12 bits per heavy atom. The molecule has 0 amide bonds. The number of rotatable bonds is 3. The lowest BCUT2D eigenvalue weighted by Gasteiger charge is -2.44. The van der Waals surface area contributed by atoms with Crippen LogP contribution in [0, 0.1) is 5.41 Å². The number of ether oxygens (including phenoxy) is 3. The minimum atomic E-state index is -1.93. The largest absolute Gasteiger partial charge is 0.504 e. The number of hydrogen-bond donors (Lipinski definition) is 1. The molecule has 2 saturated heterocycles. The Morgan fingerprint density at radius 2 is 1.79 bits per heavy atom. The number of phenolic OH excluding ortho intramolecular Hbond substituents is 1. The zero-order chi connectivity index (χ0) is 24.4. The summed E-state index contributed by atoms with van der Waals surface area (Å²) in [4.78, 5) is 40.9. The lowest BCUT2D eigenvalue weighted by molar-refractivity contribution is -0.254. The molecule has 0 bridgehead atoms. The smallest absolute Gasteiger partial charge is 0.330 e. The predicted molar refractivity (Wildman–Crippen MR) is 119 cm³/mol. The molecule has 2 aromatic rings. The van der Waals surface area contributed by atoms with Gasteiger partial charge in [-0.15, -0.1) is 0 Å². The first-order valence-electron chi connectivity index (χ1n) is 10.9. The lowest BCUT2D eigenvalue weighted by Crippen LogP contribution is -2.58. The molecule has 0 unspecified atom stereocenters. The maximum Gasteiger partial charge on any atom is 0.330 e. The fraction of sp³-hybridized carbons (Fsp3) is 0.360. The SMILES string of the molecule is COc1cc([C@H]2[C@H](C(C)=O)N3N=Cc4ccccc4[C@H]3C23C(=O)OC(C)(C)OC3=O)ccc1O. The molecule has 3 atom stereocenters. The van der Waals surface area contributed by atoms with Crippen LogP contribution in [0.4, 0.5) is 0 Å². The maximum atomic E-state index is 13.9. The highest BCUT2D eigenvalue weighted by Gasteiger charge is 2.74. The molecule has 3 aliphatic rings. The van der Waals surface area contributed by atoms with Gasteiger partial charge in [-0.3, -0.25) is 19.4 Å². The first kappa shape index (κ1) is 21.9. The molecule has 2 fully saturated rings. The van der Waals surface area contributed by atoms with Crippen molar-refractivity contribution in [3.63, 3.8) is 0 Å². The summed E-state index contributed by atoms with van der Waals surface area (Å²) < 4.78 is 16.6. The van der Waals surface area contributed by atoms with Gasteiger partial charge in [-0.1, -0.05) is 30.3 Å². The normalized spacial score (nSPS) is 25.9. The molecule has 0 saturated carbocycles. The van der Waals surface area contributed by atoms with Crippen LogP contribution in [0.3, 0.4) is 0 Å². The van der Waals surface area contributed by atoms with E-state index >= 15 is 0 Å². The van der Waals surface area contributed by atoms with Gasteiger partial charge < -0.3 is 19.3 Å². The molecule has 176 valence electrons. The number of carbonyl (C=O) groups is 3. The van der Waals surface area contributed by atoms with E-state index in [1.165, 1.54) is 45.0 Å². The number of fused-ring (bicyclic) bond motifs is 4. The summed E-state index contributed by atoms with van der Waals surface area (Å²) >= 11 is 0. The Bertz CT molecular complexity index is 1230. The predicted octanol–water partition coefficient (Wildman–Crippen LogP) is 2.67. The topological polar surface area (TPSA) is 115 Å². The van der Waals surface area contributed by atoms with Crippen LogP contribution < -0.4 is 4.74 Å². The summed E-state index contributed by atoms with van der Waals surface area (Å²) in [5.41, 5.74) is -0.113. The van der Waals surface area contributed by atoms with Gasteiger partial charge in [0, 0.05) is 19.8 Å². The second-order valence-electron chi connectivity index (χ2n) is 9.17. The third-order valence-corrected chi connectivity index (χ3v) is 6.74. The Hall–Kier alpha value is -3.88. The zero-order valence-corrected chi connectivity index (χ0v) is 19.1. The second kappa shape index (κ2) is 7.31. The number of phenols is 1. The van der Waals surface area contributed by atoms with Crippen LogP contribution in [0.1, 0.15) is 49.4 Å². The van der Waals surface area contributed by atoms with Crippen molar-refractivity contribution in [2.24, 2.45) is 10.5 Å². The van der Waals surface area contributed by atoms with Crippen molar-refractivity contribution in [2.75, 3.05) is 7.11 Å². The van der Waals surface area contributed by atoms with Crippen LogP contribution in [0.2, 0.25) is 0 Å². The highest BCUT2D eigenvalue weighted by Crippen LogP contribution is 2.62. The minimum absolute atomic E-state index is 0.117. The van der Waals surface area contributed by atoms with Gasteiger partial charge in [0.2, 0.25) is 5.41 Å². The van der Waals surface area contributed by atoms with Gasteiger partial charge >= 0.3 is 11.9 Å². The molecule has 1 spiro atoms. The third-order valence-electron chi connectivity index (χ3n) is 6.74. The molecule has 2 aromatic carbocycles. The van der Waals surface area contributed by atoms with E-state index in [0.29, 0.717) is 11.1 Å². The van der Waals surface area contributed by atoms with Crippen molar-refractivity contribution in [3.8, 4) is 11.5 Å². The number of ketones is 1. The average molecular weight is 464 g/mol. The second-order valence-corrected chi connectivity index (χ2v) is 9.17. The van der Waals surface area contributed by atoms with Gasteiger partial charge in [0.1, 0.15) is 12.1 Å². The number of cyclic esters (lactones) is 2. The third kappa shape index (κ3) is 2.85. The lowest BCUT2D eigenvalue weighted by atomic mass is 9.65. The Kier molecular flexibility index (Phi) is 4.72.